The Kier molecular flexibility index (Phi) is 4.07. The van der Waals surface area contributed by atoms with Gasteiger partial charge in [0.15, 0.2) is 0 Å². The lowest BCUT2D eigenvalue weighted by atomic mass is 9.79. The van der Waals surface area contributed by atoms with E-state index in [4.69, 9.17) is 0 Å². The number of aliphatic hydroxyl groups is 1. The largest absolute Gasteiger partial charge is 0.392 e. The van der Waals surface area contributed by atoms with Crippen molar-refractivity contribution in [2.45, 2.75) is 66.0 Å². The zero-order valence-electron chi connectivity index (χ0n) is 11.9. The number of nitrogens with zero attached hydrogens (tertiary/aromatic N) is 1. The third kappa shape index (κ3) is 4.42. The van der Waals surface area contributed by atoms with Crippen LogP contribution in [0.3, 0.4) is 0 Å². The summed E-state index contributed by atoms with van der Waals surface area (Å²) < 4.78 is 0. The summed E-state index contributed by atoms with van der Waals surface area (Å²) in [7, 11) is 0. The van der Waals surface area contributed by atoms with E-state index >= 15 is 0 Å². The Labute approximate surface area is 101 Å². The van der Waals surface area contributed by atoms with Crippen LogP contribution < -0.4 is 0 Å². The summed E-state index contributed by atoms with van der Waals surface area (Å²) in [6, 6.07) is 0. The molecule has 0 amide bonds. The maximum atomic E-state index is 9.97. The topological polar surface area (TPSA) is 23.5 Å². The summed E-state index contributed by atoms with van der Waals surface area (Å²) in [6.07, 6.45) is 2.04. The number of rotatable bonds is 1. The Balaban J connectivity index is 2.61. The van der Waals surface area contributed by atoms with Gasteiger partial charge in [-0.1, -0.05) is 20.8 Å². The molecule has 16 heavy (non-hydrogen) atoms. The van der Waals surface area contributed by atoms with Gasteiger partial charge in [0.05, 0.1) is 6.10 Å². The second-order valence-electron chi connectivity index (χ2n) is 7.60. The van der Waals surface area contributed by atoms with Gasteiger partial charge in [-0.25, -0.2) is 0 Å². The van der Waals surface area contributed by atoms with Gasteiger partial charge in [0.1, 0.15) is 0 Å². The summed E-state index contributed by atoms with van der Waals surface area (Å²) in [5.41, 5.74) is 0.544. The molecule has 1 heterocycles. The van der Waals surface area contributed by atoms with Gasteiger partial charge in [0, 0.05) is 18.6 Å². The Morgan fingerprint density at radius 2 is 1.62 bits per heavy atom. The number of piperidine rings is 1. The highest BCUT2D eigenvalue weighted by Crippen LogP contribution is 2.32. The van der Waals surface area contributed by atoms with E-state index in [-0.39, 0.29) is 11.6 Å². The number of aliphatic hydroxyl groups excluding tert-OH is 1. The van der Waals surface area contributed by atoms with Crippen LogP contribution in [0.2, 0.25) is 0 Å². The standard InChI is InChI=1S/C14H29NO/c1-13(2,3)8-11-7-12(16)10-15(9-11)14(4,5)6/h11-12,16H,7-10H2,1-6H3/t11-,12+/m0/s1. The smallest absolute Gasteiger partial charge is 0.0670 e. The molecule has 0 radical (unpaired) electrons. The van der Waals surface area contributed by atoms with Crippen LogP contribution in [0.15, 0.2) is 0 Å². The average Bonchev–Trinajstić information content (AvgIpc) is 1.97. The predicted octanol–water partition coefficient (Wildman–Crippen LogP) is 2.90. The second kappa shape index (κ2) is 4.66. The monoisotopic (exact) mass is 227 g/mol. The van der Waals surface area contributed by atoms with Crippen LogP contribution in [-0.4, -0.2) is 34.7 Å². The lowest BCUT2D eigenvalue weighted by Crippen LogP contribution is -2.52. The third-order valence-corrected chi connectivity index (χ3v) is 3.36. The Morgan fingerprint density at radius 1 is 1.06 bits per heavy atom. The molecule has 2 atom stereocenters. The van der Waals surface area contributed by atoms with Crippen molar-refractivity contribution in [1.82, 2.24) is 4.90 Å². The van der Waals surface area contributed by atoms with Crippen molar-refractivity contribution in [2.75, 3.05) is 13.1 Å². The second-order valence-corrected chi connectivity index (χ2v) is 7.60. The quantitative estimate of drug-likeness (QED) is 0.744. The molecule has 1 fully saturated rings. The molecule has 0 spiro atoms. The normalized spacial score (nSPS) is 29.4. The molecule has 0 bridgehead atoms. The van der Waals surface area contributed by atoms with Crippen LogP contribution >= 0.6 is 0 Å². The molecular formula is C14H29NO. The molecule has 2 heteroatoms. The summed E-state index contributed by atoms with van der Waals surface area (Å²) >= 11 is 0. The first-order valence-corrected chi connectivity index (χ1v) is 6.51. The van der Waals surface area contributed by atoms with E-state index in [1.165, 1.54) is 6.42 Å². The Hall–Kier alpha value is -0.0800. The molecule has 1 aliphatic rings. The summed E-state index contributed by atoms with van der Waals surface area (Å²) in [4.78, 5) is 2.43. The van der Waals surface area contributed by atoms with Gasteiger partial charge in [-0.15, -0.1) is 0 Å². The van der Waals surface area contributed by atoms with Gasteiger partial charge in [0.2, 0.25) is 0 Å². The highest BCUT2D eigenvalue weighted by molar-refractivity contribution is 4.87. The average molecular weight is 227 g/mol. The molecule has 0 saturated carbocycles. The van der Waals surface area contributed by atoms with Crippen LogP contribution in [0.1, 0.15) is 54.4 Å². The van der Waals surface area contributed by atoms with Crippen molar-refractivity contribution in [1.29, 1.82) is 0 Å². The summed E-state index contributed by atoms with van der Waals surface area (Å²) in [5, 5.41) is 9.97. The maximum Gasteiger partial charge on any atom is 0.0670 e. The molecule has 1 N–H and O–H groups in total. The predicted molar refractivity (Wildman–Crippen MR) is 69.5 cm³/mol. The van der Waals surface area contributed by atoms with Gasteiger partial charge < -0.3 is 5.11 Å². The van der Waals surface area contributed by atoms with Crippen LogP contribution in [0.25, 0.3) is 0 Å². The number of β-amino-alcohol motifs (C(OH)–C–C–N with tert-alkyl or cyclic N) is 1. The van der Waals surface area contributed by atoms with Crippen molar-refractivity contribution in [3.05, 3.63) is 0 Å². The highest BCUT2D eigenvalue weighted by Gasteiger charge is 2.33. The molecule has 0 unspecified atom stereocenters. The fraction of sp³-hybridized carbons (Fsp3) is 1.00. The number of hydrogen-bond donors (Lipinski definition) is 1. The van der Waals surface area contributed by atoms with Crippen LogP contribution in [0.5, 0.6) is 0 Å². The van der Waals surface area contributed by atoms with Crippen LogP contribution in [0, 0.1) is 11.3 Å². The van der Waals surface area contributed by atoms with Crippen molar-refractivity contribution >= 4 is 0 Å². The zero-order chi connectivity index (χ0) is 12.6. The van der Waals surface area contributed by atoms with E-state index in [0.29, 0.717) is 11.3 Å². The van der Waals surface area contributed by atoms with Crippen molar-refractivity contribution in [3.8, 4) is 0 Å². The SMILES string of the molecule is CC(C)(C)C[C@@H]1C[C@@H](O)CN(C(C)(C)C)C1. The Bertz CT molecular complexity index is 224. The number of likely N-dealkylation sites (tertiary alicyclic amines) is 1. The molecular weight excluding hydrogens is 198 g/mol. The highest BCUT2D eigenvalue weighted by atomic mass is 16.3. The third-order valence-electron chi connectivity index (χ3n) is 3.36. The van der Waals surface area contributed by atoms with E-state index in [1.54, 1.807) is 0 Å². The molecule has 0 aromatic carbocycles. The first kappa shape index (κ1) is 14.0. The van der Waals surface area contributed by atoms with Gasteiger partial charge >= 0.3 is 0 Å². The Morgan fingerprint density at radius 3 is 2.06 bits per heavy atom. The molecule has 1 saturated heterocycles. The summed E-state index contributed by atoms with van der Waals surface area (Å²) in [6.45, 7) is 15.5. The van der Waals surface area contributed by atoms with Crippen LogP contribution in [-0.2, 0) is 0 Å². The van der Waals surface area contributed by atoms with E-state index in [9.17, 15) is 5.11 Å². The molecule has 0 aromatic rings. The zero-order valence-corrected chi connectivity index (χ0v) is 11.9. The molecule has 96 valence electrons. The van der Waals surface area contributed by atoms with Crippen LogP contribution in [0.4, 0.5) is 0 Å². The van der Waals surface area contributed by atoms with Gasteiger partial charge in [-0.05, 0) is 44.9 Å². The lowest BCUT2D eigenvalue weighted by molar-refractivity contribution is -0.0133. The van der Waals surface area contributed by atoms with E-state index in [2.05, 4.69) is 46.4 Å². The van der Waals surface area contributed by atoms with Crippen molar-refractivity contribution in [3.63, 3.8) is 0 Å². The van der Waals surface area contributed by atoms with Gasteiger partial charge in [-0.2, -0.15) is 0 Å². The molecule has 1 rings (SSSR count). The first-order chi connectivity index (χ1) is 7.08. The fourth-order valence-corrected chi connectivity index (χ4v) is 2.74. The van der Waals surface area contributed by atoms with E-state index in [0.717, 1.165) is 19.5 Å². The minimum atomic E-state index is -0.139. The van der Waals surface area contributed by atoms with Crippen molar-refractivity contribution in [2.24, 2.45) is 11.3 Å². The van der Waals surface area contributed by atoms with E-state index < -0.39 is 0 Å². The minimum absolute atomic E-state index is 0.139. The van der Waals surface area contributed by atoms with Gasteiger partial charge in [0.25, 0.3) is 0 Å². The first-order valence-electron chi connectivity index (χ1n) is 6.51. The molecule has 2 nitrogen and oxygen atoms in total. The van der Waals surface area contributed by atoms with E-state index in [1.807, 2.05) is 0 Å². The van der Waals surface area contributed by atoms with Crippen molar-refractivity contribution < 1.29 is 5.11 Å². The van der Waals surface area contributed by atoms with Gasteiger partial charge in [-0.3, -0.25) is 4.90 Å². The molecule has 0 aromatic heterocycles. The molecule has 0 aliphatic carbocycles. The molecule has 1 aliphatic heterocycles. The summed E-state index contributed by atoms with van der Waals surface area (Å²) in [5.74, 6) is 0.642. The maximum absolute atomic E-state index is 9.97. The number of hydrogen-bond acceptors (Lipinski definition) is 2. The lowest BCUT2D eigenvalue weighted by Gasteiger charge is -2.44. The fourth-order valence-electron chi connectivity index (χ4n) is 2.74. The minimum Gasteiger partial charge on any atom is -0.392 e.